The van der Waals surface area contributed by atoms with Gasteiger partial charge in [-0.2, -0.15) is 0 Å². The maximum absolute atomic E-state index is 5.56. The minimum absolute atomic E-state index is 0.676. The summed E-state index contributed by atoms with van der Waals surface area (Å²) in [6, 6.07) is 6.37. The van der Waals surface area contributed by atoms with E-state index in [1.165, 1.54) is 24.8 Å². The third-order valence-electron chi connectivity index (χ3n) is 3.14. The molecule has 0 amide bonds. The Kier molecular flexibility index (Phi) is 1.86. The Morgan fingerprint density at radius 3 is 2.50 bits per heavy atom. The predicted octanol–water partition coefficient (Wildman–Crippen LogP) is 2.73. The van der Waals surface area contributed by atoms with Gasteiger partial charge in [0.15, 0.2) is 11.5 Å². The number of rotatable bonds is 1. The van der Waals surface area contributed by atoms with E-state index >= 15 is 0 Å². The molecule has 74 valence electrons. The molecule has 1 aromatic rings. The fourth-order valence-electron chi connectivity index (χ4n) is 2.06. The van der Waals surface area contributed by atoms with Crippen LogP contribution in [-0.2, 0) is 0 Å². The molecule has 1 aliphatic carbocycles. The normalized spacial score (nSPS) is 20.3. The van der Waals surface area contributed by atoms with Crippen LogP contribution >= 0.6 is 0 Å². The van der Waals surface area contributed by atoms with Crippen molar-refractivity contribution in [1.82, 2.24) is 0 Å². The Morgan fingerprint density at radius 2 is 1.79 bits per heavy atom. The highest BCUT2D eigenvalue weighted by Gasteiger charge is 2.21. The summed E-state index contributed by atoms with van der Waals surface area (Å²) in [5, 5.41) is 0. The molecule has 2 aliphatic rings. The first-order valence-corrected chi connectivity index (χ1v) is 5.33. The molecule has 14 heavy (non-hydrogen) atoms. The van der Waals surface area contributed by atoms with Crippen molar-refractivity contribution in [3.63, 3.8) is 0 Å². The van der Waals surface area contributed by atoms with Gasteiger partial charge in [0.05, 0.1) is 0 Å². The van der Waals surface area contributed by atoms with E-state index in [1.54, 1.807) is 0 Å². The minimum Gasteiger partial charge on any atom is -0.486 e. The molecule has 1 fully saturated rings. The van der Waals surface area contributed by atoms with E-state index in [0.717, 1.165) is 17.4 Å². The molecule has 0 unspecified atom stereocenters. The van der Waals surface area contributed by atoms with E-state index in [4.69, 9.17) is 9.47 Å². The quantitative estimate of drug-likeness (QED) is 0.678. The van der Waals surface area contributed by atoms with Gasteiger partial charge in [-0.1, -0.05) is 12.5 Å². The SMILES string of the molecule is c1cc2c(cc1C1CCC1)OCCO2. The van der Waals surface area contributed by atoms with Crippen LogP contribution in [0.5, 0.6) is 11.5 Å². The van der Waals surface area contributed by atoms with E-state index in [-0.39, 0.29) is 0 Å². The van der Waals surface area contributed by atoms with Crippen molar-refractivity contribution >= 4 is 0 Å². The molecule has 1 heterocycles. The van der Waals surface area contributed by atoms with E-state index in [1.807, 2.05) is 6.07 Å². The fourth-order valence-corrected chi connectivity index (χ4v) is 2.06. The van der Waals surface area contributed by atoms with Crippen molar-refractivity contribution in [2.75, 3.05) is 13.2 Å². The summed E-state index contributed by atoms with van der Waals surface area (Å²) in [5.74, 6) is 2.60. The number of benzene rings is 1. The Hall–Kier alpha value is -1.18. The van der Waals surface area contributed by atoms with Crippen LogP contribution in [0.15, 0.2) is 18.2 Å². The van der Waals surface area contributed by atoms with Crippen LogP contribution in [0.4, 0.5) is 0 Å². The maximum atomic E-state index is 5.56. The van der Waals surface area contributed by atoms with Crippen LogP contribution in [0.3, 0.4) is 0 Å². The van der Waals surface area contributed by atoms with Crippen molar-refractivity contribution < 1.29 is 9.47 Å². The first kappa shape index (κ1) is 8.16. The Labute approximate surface area is 83.8 Å². The Bertz CT molecular complexity index is 342. The smallest absolute Gasteiger partial charge is 0.161 e. The molecule has 2 nitrogen and oxygen atoms in total. The first-order valence-electron chi connectivity index (χ1n) is 5.33. The number of ether oxygens (including phenoxy) is 2. The third-order valence-corrected chi connectivity index (χ3v) is 3.14. The summed E-state index contributed by atoms with van der Waals surface area (Å²) in [6.07, 6.45) is 4.04. The van der Waals surface area contributed by atoms with Crippen molar-refractivity contribution in [2.24, 2.45) is 0 Å². The van der Waals surface area contributed by atoms with Gasteiger partial charge in [0.1, 0.15) is 13.2 Å². The lowest BCUT2D eigenvalue weighted by molar-refractivity contribution is 0.171. The molecule has 0 radical (unpaired) electrons. The van der Waals surface area contributed by atoms with Crippen LogP contribution < -0.4 is 9.47 Å². The second-order valence-corrected chi connectivity index (χ2v) is 4.03. The molecule has 1 saturated carbocycles. The molecule has 0 bridgehead atoms. The second-order valence-electron chi connectivity index (χ2n) is 4.03. The summed E-state index contributed by atoms with van der Waals surface area (Å²) in [4.78, 5) is 0. The average molecular weight is 190 g/mol. The van der Waals surface area contributed by atoms with E-state index in [9.17, 15) is 0 Å². The molecule has 0 N–H and O–H groups in total. The lowest BCUT2D eigenvalue weighted by atomic mass is 9.80. The minimum atomic E-state index is 0.676. The van der Waals surface area contributed by atoms with Crippen LogP contribution in [0, 0.1) is 0 Å². The van der Waals surface area contributed by atoms with Crippen LogP contribution in [0.25, 0.3) is 0 Å². The topological polar surface area (TPSA) is 18.5 Å². The summed E-state index contributed by atoms with van der Waals surface area (Å²) >= 11 is 0. The molecule has 3 rings (SSSR count). The van der Waals surface area contributed by atoms with Gasteiger partial charge in [0.25, 0.3) is 0 Å². The lowest BCUT2D eigenvalue weighted by Crippen LogP contribution is -2.16. The van der Waals surface area contributed by atoms with Crippen LogP contribution in [-0.4, -0.2) is 13.2 Å². The Morgan fingerprint density at radius 1 is 1.00 bits per heavy atom. The van der Waals surface area contributed by atoms with Gasteiger partial charge in [0, 0.05) is 0 Å². The average Bonchev–Trinajstić information content (AvgIpc) is 2.15. The largest absolute Gasteiger partial charge is 0.486 e. The molecular formula is C12H14O2. The summed E-state index contributed by atoms with van der Waals surface area (Å²) in [5.41, 5.74) is 1.42. The molecule has 0 atom stereocenters. The standard InChI is InChI=1S/C12H14O2/c1-2-9(3-1)10-4-5-11-12(8-10)14-7-6-13-11/h4-5,8-9H,1-3,6-7H2. The zero-order valence-corrected chi connectivity index (χ0v) is 8.16. The van der Waals surface area contributed by atoms with Crippen LogP contribution in [0.2, 0.25) is 0 Å². The molecular weight excluding hydrogens is 176 g/mol. The fraction of sp³-hybridized carbons (Fsp3) is 0.500. The van der Waals surface area contributed by atoms with Crippen LogP contribution in [0.1, 0.15) is 30.7 Å². The monoisotopic (exact) mass is 190 g/mol. The van der Waals surface area contributed by atoms with Gasteiger partial charge in [-0.15, -0.1) is 0 Å². The zero-order valence-electron chi connectivity index (χ0n) is 8.16. The summed E-state index contributed by atoms with van der Waals surface area (Å²) in [7, 11) is 0. The van der Waals surface area contributed by atoms with E-state index < -0.39 is 0 Å². The number of hydrogen-bond acceptors (Lipinski definition) is 2. The maximum Gasteiger partial charge on any atom is 0.161 e. The molecule has 1 aromatic carbocycles. The van der Waals surface area contributed by atoms with Crippen molar-refractivity contribution in [2.45, 2.75) is 25.2 Å². The Balaban J connectivity index is 1.92. The van der Waals surface area contributed by atoms with E-state index in [2.05, 4.69) is 12.1 Å². The van der Waals surface area contributed by atoms with Gasteiger partial charge in [-0.05, 0) is 36.5 Å². The zero-order chi connectivity index (χ0) is 9.38. The van der Waals surface area contributed by atoms with E-state index in [0.29, 0.717) is 13.2 Å². The number of hydrogen-bond donors (Lipinski definition) is 0. The van der Waals surface area contributed by atoms with Crippen molar-refractivity contribution in [3.05, 3.63) is 23.8 Å². The third kappa shape index (κ3) is 1.26. The summed E-state index contributed by atoms with van der Waals surface area (Å²) in [6.45, 7) is 1.36. The van der Waals surface area contributed by atoms with Crippen molar-refractivity contribution in [1.29, 1.82) is 0 Å². The first-order chi connectivity index (χ1) is 6.93. The molecule has 0 spiro atoms. The second kappa shape index (κ2) is 3.19. The van der Waals surface area contributed by atoms with Gasteiger partial charge in [-0.3, -0.25) is 0 Å². The van der Waals surface area contributed by atoms with Gasteiger partial charge in [0.2, 0.25) is 0 Å². The highest BCUT2D eigenvalue weighted by atomic mass is 16.6. The highest BCUT2D eigenvalue weighted by Crippen LogP contribution is 2.40. The van der Waals surface area contributed by atoms with Gasteiger partial charge in [-0.25, -0.2) is 0 Å². The van der Waals surface area contributed by atoms with Gasteiger partial charge < -0.3 is 9.47 Å². The molecule has 0 saturated heterocycles. The number of fused-ring (bicyclic) bond motifs is 1. The molecule has 1 aliphatic heterocycles. The summed E-state index contributed by atoms with van der Waals surface area (Å²) < 4.78 is 11.0. The highest BCUT2D eigenvalue weighted by molar-refractivity contribution is 5.45. The lowest BCUT2D eigenvalue weighted by Gasteiger charge is -2.27. The van der Waals surface area contributed by atoms with Crippen molar-refractivity contribution in [3.8, 4) is 11.5 Å². The predicted molar refractivity (Wildman–Crippen MR) is 54.0 cm³/mol. The van der Waals surface area contributed by atoms with Gasteiger partial charge >= 0.3 is 0 Å². The molecule has 2 heteroatoms. The molecule has 0 aromatic heterocycles.